The van der Waals surface area contributed by atoms with Crippen LogP contribution in [0.3, 0.4) is 0 Å². The third kappa shape index (κ3) is 3.20. The second kappa shape index (κ2) is 7.60. The summed E-state index contributed by atoms with van der Waals surface area (Å²) in [5.74, 6) is -1.54. The van der Waals surface area contributed by atoms with E-state index in [-0.39, 0.29) is 40.6 Å². The molecule has 1 aromatic heterocycles. The molecule has 2 aromatic carbocycles. The number of nitro benzene ring substituents is 1. The summed E-state index contributed by atoms with van der Waals surface area (Å²) in [6.07, 6.45) is 0. The molecule has 0 aliphatic carbocycles. The van der Waals surface area contributed by atoms with Gasteiger partial charge in [0.15, 0.2) is 0 Å². The SMILES string of the molecule is CCOC(=O)C1=C(N)Oc2c(c(=O)n(C)c3ccccc23)C1c1ccc([N+](=O)[O-])cc1. The summed E-state index contributed by atoms with van der Waals surface area (Å²) in [7, 11) is 1.63. The van der Waals surface area contributed by atoms with Crippen LogP contribution in [0.25, 0.3) is 10.9 Å². The summed E-state index contributed by atoms with van der Waals surface area (Å²) in [5.41, 5.74) is 6.98. The van der Waals surface area contributed by atoms with Gasteiger partial charge >= 0.3 is 5.97 Å². The molecule has 1 aliphatic rings. The second-order valence-electron chi connectivity index (χ2n) is 7.01. The lowest BCUT2D eigenvalue weighted by Gasteiger charge is -2.29. The Morgan fingerprint density at radius 1 is 1.23 bits per heavy atom. The van der Waals surface area contributed by atoms with E-state index in [4.69, 9.17) is 15.2 Å². The molecule has 3 aromatic rings. The lowest BCUT2D eigenvalue weighted by molar-refractivity contribution is -0.384. The van der Waals surface area contributed by atoms with Crippen molar-refractivity contribution >= 4 is 22.6 Å². The van der Waals surface area contributed by atoms with Crippen molar-refractivity contribution in [3.63, 3.8) is 0 Å². The third-order valence-electron chi connectivity index (χ3n) is 5.28. The summed E-state index contributed by atoms with van der Waals surface area (Å²) in [6.45, 7) is 1.75. The number of nitro groups is 1. The summed E-state index contributed by atoms with van der Waals surface area (Å²) in [6, 6.07) is 12.8. The highest BCUT2D eigenvalue weighted by Crippen LogP contribution is 2.44. The van der Waals surface area contributed by atoms with Crippen molar-refractivity contribution in [2.24, 2.45) is 12.8 Å². The fraction of sp³-hybridized carbons (Fsp3) is 0.182. The van der Waals surface area contributed by atoms with Crippen molar-refractivity contribution in [1.82, 2.24) is 4.57 Å². The Kier molecular flexibility index (Phi) is 4.94. The number of para-hydroxylation sites is 1. The minimum Gasteiger partial charge on any atom is -0.462 e. The Balaban J connectivity index is 2.04. The fourth-order valence-electron chi connectivity index (χ4n) is 3.86. The first-order valence-corrected chi connectivity index (χ1v) is 9.55. The summed E-state index contributed by atoms with van der Waals surface area (Å²) in [4.78, 5) is 36.7. The van der Waals surface area contributed by atoms with Gasteiger partial charge in [-0.2, -0.15) is 0 Å². The number of ether oxygens (including phenoxy) is 2. The van der Waals surface area contributed by atoms with Crippen LogP contribution in [0.1, 0.15) is 24.0 Å². The van der Waals surface area contributed by atoms with Crippen molar-refractivity contribution in [3.05, 3.63) is 91.6 Å². The normalized spacial score (nSPS) is 15.4. The first-order chi connectivity index (χ1) is 14.8. The van der Waals surface area contributed by atoms with Crippen molar-refractivity contribution in [2.45, 2.75) is 12.8 Å². The number of fused-ring (bicyclic) bond motifs is 3. The summed E-state index contributed by atoms with van der Waals surface area (Å²) < 4.78 is 12.4. The minimum atomic E-state index is -0.910. The number of hydrogen-bond donors (Lipinski definition) is 1. The first-order valence-electron chi connectivity index (χ1n) is 9.55. The lowest BCUT2D eigenvalue weighted by Crippen LogP contribution is -2.34. The van der Waals surface area contributed by atoms with Crippen LogP contribution in [-0.4, -0.2) is 22.1 Å². The van der Waals surface area contributed by atoms with Gasteiger partial charge in [0.1, 0.15) is 11.3 Å². The van der Waals surface area contributed by atoms with Gasteiger partial charge in [-0.15, -0.1) is 0 Å². The summed E-state index contributed by atoms with van der Waals surface area (Å²) in [5, 5.41) is 11.7. The first kappa shape index (κ1) is 20.1. The zero-order valence-electron chi connectivity index (χ0n) is 16.8. The summed E-state index contributed by atoms with van der Waals surface area (Å²) >= 11 is 0. The Morgan fingerprint density at radius 2 is 1.90 bits per heavy atom. The number of aromatic nitrogens is 1. The largest absolute Gasteiger partial charge is 0.462 e. The minimum absolute atomic E-state index is 0.0180. The monoisotopic (exact) mass is 421 g/mol. The number of aryl methyl sites for hydroxylation is 1. The predicted octanol–water partition coefficient (Wildman–Crippen LogP) is 2.70. The van der Waals surface area contributed by atoms with E-state index in [1.54, 1.807) is 38.2 Å². The Morgan fingerprint density at radius 3 is 2.55 bits per heavy atom. The molecule has 4 rings (SSSR count). The van der Waals surface area contributed by atoms with Crippen molar-refractivity contribution in [3.8, 4) is 5.75 Å². The molecule has 0 radical (unpaired) electrons. The molecule has 0 saturated heterocycles. The van der Waals surface area contributed by atoms with E-state index in [9.17, 15) is 19.7 Å². The highest BCUT2D eigenvalue weighted by atomic mass is 16.6. The van der Waals surface area contributed by atoms with E-state index in [1.807, 2.05) is 0 Å². The molecule has 0 saturated carbocycles. The van der Waals surface area contributed by atoms with Crippen LogP contribution < -0.4 is 16.0 Å². The van der Waals surface area contributed by atoms with E-state index in [2.05, 4.69) is 0 Å². The molecule has 0 fully saturated rings. The second-order valence-corrected chi connectivity index (χ2v) is 7.01. The van der Waals surface area contributed by atoms with Crippen LogP contribution in [0.5, 0.6) is 5.75 Å². The van der Waals surface area contributed by atoms with E-state index >= 15 is 0 Å². The van der Waals surface area contributed by atoms with E-state index in [0.717, 1.165) is 0 Å². The molecule has 158 valence electrons. The number of pyridine rings is 1. The van der Waals surface area contributed by atoms with Gasteiger partial charge < -0.3 is 19.8 Å². The molecule has 9 heteroatoms. The average Bonchev–Trinajstić information content (AvgIpc) is 2.76. The molecule has 0 amide bonds. The molecule has 2 heterocycles. The van der Waals surface area contributed by atoms with Gasteiger partial charge in [-0.25, -0.2) is 4.79 Å². The molecule has 9 nitrogen and oxygen atoms in total. The Bertz CT molecular complexity index is 1310. The number of carbonyl (C=O) groups is 1. The highest BCUT2D eigenvalue weighted by Gasteiger charge is 2.39. The van der Waals surface area contributed by atoms with E-state index in [0.29, 0.717) is 16.5 Å². The maximum atomic E-state index is 13.4. The number of benzene rings is 2. The van der Waals surface area contributed by atoms with Crippen LogP contribution in [0.2, 0.25) is 0 Å². The fourth-order valence-corrected chi connectivity index (χ4v) is 3.86. The van der Waals surface area contributed by atoms with Gasteiger partial charge in [-0.1, -0.05) is 24.3 Å². The zero-order valence-corrected chi connectivity index (χ0v) is 16.8. The molecule has 31 heavy (non-hydrogen) atoms. The molecular weight excluding hydrogens is 402 g/mol. The van der Waals surface area contributed by atoms with Crippen LogP contribution in [0.15, 0.2) is 64.8 Å². The van der Waals surface area contributed by atoms with Gasteiger partial charge in [-0.05, 0) is 24.6 Å². The van der Waals surface area contributed by atoms with Gasteiger partial charge in [0, 0.05) is 24.6 Å². The Labute approximate surface area is 176 Å². The van der Waals surface area contributed by atoms with Crippen molar-refractivity contribution in [2.75, 3.05) is 6.61 Å². The Hall–Kier alpha value is -4.14. The molecule has 0 bridgehead atoms. The van der Waals surface area contributed by atoms with Crippen LogP contribution in [-0.2, 0) is 16.6 Å². The van der Waals surface area contributed by atoms with E-state index < -0.39 is 16.8 Å². The number of hydrogen-bond acceptors (Lipinski definition) is 7. The smallest absolute Gasteiger partial charge is 0.340 e. The van der Waals surface area contributed by atoms with E-state index in [1.165, 1.54) is 28.8 Å². The lowest BCUT2D eigenvalue weighted by atomic mass is 9.82. The topological polar surface area (TPSA) is 127 Å². The number of nitrogens with zero attached hydrogens (tertiary/aromatic N) is 2. The predicted molar refractivity (Wildman–Crippen MR) is 113 cm³/mol. The molecule has 2 N–H and O–H groups in total. The third-order valence-corrected chi connectivity index (χ3v) is 5.28. The van der Waals surface area contributed by atoms with Crippen molar-refractivity contribution in [1.29, 1.82) is 0 Å². The number of carbonyl (C=O) groups excluding carboxylic acids is 1. The van der Waals surface area contributed by atoms with Crippen LogP contribution in [0, 0.1) is 10.1 Å². The van der Waals surface area contributed by atoms with Crippen LogP contribution >= 0.6 is 0 Å². The number of rotatable bonds is 4. The zero-order chi connectivity index (χ0) is 22.3. The maximum absolute atomic E-state index is 13.4. The van der Waals surface area contributed by atoms with Crippen LogP contribution in [0.4, 0.5) is 5.69 Å². The number of non-ortho nitro benzene ring substituents is 1. The molecular formula is C22H19N3O6. The van der Waals surface area contributed by atoms with Gasteiger partial charge in [0.2, 0.25) is 5.88 Å². The quantitative estimate of drug-likeness (QED) is 0.390. The average molecular weight is 421 g/mol. The molecule has 1 atom stereocenters. The van der Waals surface area contributed by atoms with Gasteiger partial charge in [0.05, 0.1) is 28.5 Å². The molecule has 1 aliphatic heterocycles. The van der Waals surface area contributed by atoms with Crippen molar-refractivity contribution < 1.29 is 19.2 Å². The van der Waals surface area contributed by atoms with Gasteiger partial charge in [-0.3, -0.25) is 14.9 Å². The number of esters is 1. The van der Waals surface area contributed by atoms with Gasteiger partial charge in [0.25, 0.3) is 11.2 Å². The standard InChI is InChI=1S/C22H19N3O6/c1-3-30-22(27)18-16(12-8-10-13(11-9-12)25(28)29)17-19(31-20(18)23)14-6-4-5-7-15(14)24(2)21(17)26/h4-11,16H,3,23H2,1-2H3. The maximum Gasteiger partial charge on any atom is 0.340 e. The highest BCUT2D eigenvalue weighted by molar-refractivity contribution is 5.95. The number of nitrogens with two attached hydrogens (primary N) is 1. The molecule has 1 unspecified atom stereocenters. The molecule has 0 spiro atoms.